The number of non-ortho nitro benzene ring substituents is 1. The van der Waals surface area contributed by atoms with Gasteiger partial charge in [-0.15, -0.1) is 0 Å². The summed E-state index contributed by atoms with van der Waals surface area (Å²) >= 11 is 0. The molecule has 7 heteroatoms. The van der Waals surface area contributed by atoms with Crippen LogP contribution in [-0.2, 0) is 0 Å². The number of nitrogens with one attached hydrogen (secondary N) is 2. The maximum Gasteiger partial charge on any atom is 0.269 e. The summed E-state index contributed by atoms with van der Waals surface area (Å²) in [6.45, 7) is 0. The van der Waals surface area contributed by atoms with Gasteiger partial charge in [0.05, 0.1) is 16.2 Å². The molecule has 4 aromatic carbocycles. The molecule has 0 atom stereocenters. The average Bonchev–Trinajstić information content (AvgIpc) is 2.84. The van der Waals surface area contributed by atoms with Gasteiger partial charge in [-0.05, 0) is 42.5 Å². The molecule has 0 heterocycles. The fraction of sp³-hybridized carbons (Fsp3) is 0. The number of nitro groups is 1. The van der Waals surface area contributed by atoms with Crippen molar-refractivity contribution in [2.24, 2.45) is 0 Å². The second-order valence-corrected chi connectivity index (χ2v) is 7.56. The van der Waals surface area contributed by atoms with E-state index in [4.69, 9.17) is 0 Å². The normalized spacial score (nSPS) is 12.0. The first kappa shape index (κ1) is 20.1. The van der Waals surface area contributed by atoms with Gasteiger partial charge in [0.25, 0.3) is 5.69 Å². The summed E-state index contributed by atoms with van der Waals surface area (Å²) in [6.07, 6.45) is 0. The molecule has 7 nitrogen and oxygen atoms in total. The van der Waals surface area contributed by atoms with E-state index >= 15 is 0 Å². The Morgan fingerprint density at radius 3 is 1.70 bits per heavy atom. The van der Waals surface area contributed by atoms with E-state index in [1.54, 1.807) is 54.6 Å². The Morgan fingerprint density at radius 2 is 1.09 bits per heavy atom. The highest BCUT2D eigenvalue weighted by Crippen LogP contribution is 2.33. The molecule has 4 aromatic rings. The van der Waals surface area contributed by atoms with E-state index in [9.17, 15) is 19.7 Å². The molecule has 1 aliphatic carbocycles. The first-order chi connectivity index (χ1) is 16.0. The van der Waals surface area contributed by atoms with Gasteiger partial charge < -0.3 is 10.6 Å². The van der Waals surface area contributed by atoms with Crippen LogP contribution in [0.2, 0.25) is 0 Å². The van der Waals surface area contributed by atoms with E-state index in [1.807, 2.05) is 24.3 Å². The molecule has 5 rings (SSSR count). The van der Waals surface area contributed by atoms with Gasteiger partial charge in [-0.2, -0.15) is 0 Å². The van der Waals surface area contributed by atoms with Crippen molar-refractivity contribution in [3.8, 4) is 0 Å². The van der Waals surface area contributed by atoms with Gasteiger partial charge >= 0.3 is 0 Å². The Bertz CT molecular complexity index is 1410. The third-order valence-corrected chi connectivity index (χ3v) is 5.48. The molecular weight excluding hydrogens is 418 g/mol. The smallest absolute Gasteiger partial charge is 0.269 e. The standard InChI is InChI=1S/C26H17N3O4/c30-25-20-4-1-2-5-21(20)26(31)24-22(25)6-3-7-23(24)28-18-10-8-16(9-11-18)27-17-12-14-19(15-13-17)29(32)33/h1-15,27-28H. The van der Waals surface area contributed by atoms with Crippen LogP contribution < -0.4 is 10.6 Å². The summed E-state index contributed by atoms with van der Waals surface area (Å²) in [4.78, 5) is 36.4. The summed E-state index contributed by atoms with van der Waals surface area (Å²) in [5.74, 6) is -0.341. The van der Waals surface area contributed by atoms with Crippen molar-refractivity contribution in [1.29, 1.82) is 0 Å². The van der Waals surface area contributed by atoms with Gasteiger partial charge in [-0.3, -0.25) is 19.7 Å². The number of hydrogen-bond acceptors (Lipinski definition) is 6. The summed E-state index contributed by atoms with van der Waals surface area (Å²) < 4.78 is 0. The molecule has 0 spiro atoms. The molecule has 0 unspecified atom stereocenters. The highest BCUT2D eigenvalue weighted by molar-refractivity contribution is 6.30. The van der Waals surface area contributed by atoms with Gasteiger partial charge in [0.1, 0.15) is 0 Å². The zero-order chi connectivity index (χ0) is 22.9. The first-order valence-corrected chi connectivity index (χ1v) is 10.2. The summed E-state index contributed by atoms with van der Waals surface area (Å²) in [6, 6.07) is 25.6. The number of anilines is 4. The molecule has 0 saturated heterocycles. The van der Waals surface area contributed by atoms with E-state index in [2.05, 4.69) is 10.6 Å². The van der Waals surface area contributed by atoms with Crippen LogP contribution in [-0.4, -0.2) is 16.5 Å². The maximum atomic E-state index is 13.1. The van der Waals surface area contributed by atoms with E-state index in [-0.39, 0.29) is 17.3 Å². The van der Waals surface area contributed by atoms with E-state index in [1.165, 1.54) is 12.1 Å². The van der Waals surface area contributed by atoms with Crippen molar-refractivity contribution in [3.05, 3.63) is 123 Å². The van der Waals surface area contributed by atoms with Crippen LogP contribution in [0.3, 0.4) is 0 Å². The number of fused-ring (bicyclic) bond motifs is 2. The van der Waals surface area contributed by atoms with Crippen molar-refractivity contribution in [2.45, 2.75) is 0 Å². The zero-order valence-electron chi connectivity index (χ0n) is 17.2. The molecule has 0 aliphatic heterocycles. The molecule has 0 bridgehead atoms. The van der Waals surface area contributed by atoms with E-state index in [0.717, 1.165) is 17.1 Å². The fourth-order valence-electron chi connectivity index (χ4n) is 3.87. The highest BCUT2D eigenvalue weighted by atomic mass is 16.6. The number of nitro benzene ring substituents is 1. The molecule has 33 heavy (non-hydrogen) atoms. The predicted octanol–water partition coefficient (Wildman–Crippen LogP) is 5.86. The Balaban J connectivity index is 1.38. The number of rotatable bonds is 5. The minimum atomic E-state index is -0.441. The number of ketones is 2. The van der Waals surface area contributed by atoms with Crippen molar-refractivity contribution >= 4 is 40.0 Å². The van der Waals surface area contributed by atoms with Crippen molar-refractivity contribution in [3.63, 3.8) is 0 Å². The van der Waals surface area contributed by atoms with Crippen LogP contribution >= 0.6 is 0 Å². The van der Waals surface area contributed by atoms with Crippen molar-refractivity contribution in [2.75, 3.05) is 10.6 Å². The number of carbonyl (C=O) groups excluding carboxylic acids is 2. The maximum absolute atomic E-state index is 13.1. The lowest BCUT2D eigenvalue weighted by atomic mass is 9.83. The van der Waals surface area contributed by atoms with Crippen LogP contribution in [0.4, 0.5) is 28.4 Å². The number of benzene rings is 4. The lowest BCUT2D eigenvalue weighted by Gasteiger charge is -2.20. The lowest BCUT2D eigenvalue weighted by molar-refractivity contribution is -0.384. The third kappa shape index (κ3) is 3.72. The molecule has 0 aromatic heterocycles. The number of hydrogen-bond donors (Lipinski definition) is 2. The second-order valence-electron chi connectivity index (χ2n) is 7.56. The Labute approximate surface area is 188 Å². The van der Waals surface area contributed by atoms with Gasteiger partial charge in [0, 0.05) is 45.9 Å². The van der Waals surface area contributed by atoms with E-state index < -0.39 is 4.92 Å². The largest absolute Gasteiger partial charge is 0.356 e. The van der Waals surface area contributed by atoms with Gasteiger partial charge in [-0.25, -0.2) is 0 Å². The summed E-state index contributed by atoms with van der Waals surface area (Å²) in [7, 11) is 0. The zero-order valence-corrected chi connectivity index (χ0v) is 17.2. The molecule has 0 radical (unpaired) electrons. The molecule has 0 saturated carbocycles. The van der Waals surface area contributed by atoms with Gasteiger partial charge in [0.15, 0.2) is 11.6 Å². The fourth-order valence-corrected chi connectivity index (χ4v) is 3.87. The first-order valence-electron chi connectivity index (χ1n) is 10.2. The van der Waals surface area contributed by atoms with Gasteiger partial charge in [-0.1, -0.05) is 36.4 Å². The summed E-state index contributed by atoms with van der Waals surface area (Å²) in [5.41, 5.74) is 4.45. The Hall–Kier alpha value is -4.78. The molecular formula is C26H17N3O4. The molecule has 1 aliphatic rings. The molecule has 160 valence electrons. The van der Waals surface area contributed by atoms with Crippen molar-refractivity contribution < 1.29 is 14.5 Å². The lowest BCUT2D eigenvalue weighted by Crippen LogP contribution is -2.22. The van der Waals surface area contributed by atoms with Crippen LogP contribution in [0, 0.1) is 10.1 Å². The molecule has 0 amide bonds. The topological polar surface area (TPSA) is 101 Å². The second kappa shape index (κ2) is 8.05. The predicted molar refractivity (Wildman–Crippen MR) is 126 cm³/mol. The highest BCUT2D eigenvalue weighted by Gasteiger charge is 2.31. The van der Waals surface area contributed by atoms with Crippen LogP contribution in [0.1, 0.15) is 31.8 Å². The Kier molecular flexibility index (Phi) is 4.91. The minimum absolute atomic E-state index is 0.0296. The molecule has 0 fully saturated rings. The van der Waals surface area contributed by atoms with Crippen LogP contribution in [0.15, 0.2) is 91.0 Å². The van der Waals surface area contributed by atoms with Crippen LogP contribution in [0.25, 0.3) is 0 Å². The number of carbonyl (C=O) groups is 2. The quantitative estimate of drug-likeness (QED) is 0.265. The number of nitrogens with zero attached hydrogens (tertiary/aromatic N) is 1. The van der Waals surface area contributed by atoms with Gasteiger partial charge in [0.2, 0.25) is 0 Å². The Morgan fingerprint density at radius 1 is 0.576 bits per heavy atom. The third-order valence-electron chi connectivity index (χ3n) is 5.48. The SMILES string of the molecule is O=C1c2ccccc2C(=O)c2c(Nc3ccc(Nc4ccc([N+](=O)[O-])cc4)cc3)cccc21. The monoisotopic (exact) mass is 435 g/mol. The van der Waals surface area contributed by atoms with Crippen LogP contribution in [0.5, 0.6) is 0 Å². The summed E-state index contributed by atoms with van der Waals surface area (Å²) in [5, 5.41) is 17.2. The average molecular weight is 435 g/mol. The minimum Gasteiger partial charge on any atom is -0.356 e. The van der Waals surface area contributed by atoms with E-state index in [0.29, 0.717) is 27.9 Å². The molecule has 2 N–H and O–H groups in total. The van der Waals surface area contributed by atoms with Crippen molar-refractivity contribution in [1.82, 2.24) is 0 Å².